The summed E-state index contributed by atoms with van der Waals surface area (Å²) in [4.78, 5) is 12.8. The van der Waals surface area contributed by atoms with Gasteiger partial charge in [-0.3, -0.25) is 0 Å². The van der Waals surface area contributed by atoms with Crippen LogP contribution in [0, 0.1) is 5.82 Å². The first-order valence-electron chi connectivity index (χ1n) is 6.76. The molecule has 1 aliphatic rings. The van der Waals surface area contributed by atoms with Crippen LogP contribution in [-0.2, 0) is 0 Å². The van der Waals surface area contributed by atoms with Gasteiger partial charge < -0.3 is 0 Å². The molecular weight excluding hydrogens is 297 g/mol. The minimum absolute atomic E-state index is 0.127. The van der Waals surface area contributed by atoms with Gasteiger partial charge in [-0.15, -0.1) is 0 Å². The van der Waals surface area contributed by atoms with Crippen molar-refractivity contribution in [2.24, 2.45) is 0 Å². The summed E-state index contributed by atoms with van der Waals surface area (Å²) < 4.78 is 14.2. The number of halogens is 2. The molecular formula is C14H15ClFN3S. The van der Waals surface area contributed by atoms with Crippen LogP contribution in [0.1, 0.15) is 43.7 Å². The van der Waals surface area contributed by atoms with E-state index in [1.54, 1.807) is 6.20 Å². The smallest absolute Gasteiger partial charge is 0.188 e. The number of hydrogen-bond acceptors (Lipinski definition) is 4. The largest absolute Gasteiger partial charge is 0.241 e. The summed E-state index contributed by atoms with van der Waals surface area (Å²) in [6, 6.07) is 0. The van der Waals surface area contributed by atoms with Gasteiger partial charge in [0.1, 0.15) is 5.52 Å². The first-order chi connectivity index (χ1) is 9.70. The van der Waals surface area contributed by atoms with Crippen molar-refractivity contribution in [3.63, 3.8) is 0 Å². The Labute approximate surface area is 126 Å². The average Bonchev–Trinajstić information content (AvgIpc) is 2.51. The normalized spacial score (nSPS) is 16.8. The molecule has 0 bridgehead atoms. The molecule has 0 aliphatic heterocycles. The molecule has 1 aliphatic carbocycles. The lowest BCUT2D eigenvalue weighted by Gasteiger charge is -2.22. The highest BCUT2D eigenvalue weighted by Crippen LogP contribution is 2.36. The highest BCUT2D eigenvalue weighted by atomic mass is 35.5. The van der Waals surface area contributed by atoms with Crippen LogP contribution >= 0.6 is 23.4 Å². The summed E-state index contributed by atoms with van der Waals surface area (Å²) in [6.45, 7) is 0. The third kappa shape index (κ3) is 2.49. The van der Waals surface area contributed by atoms with Gasteiger partial charge in [-0.25, -0.2) is 19.3 Å². The fraction of sp³-hybridized carbons (Fsp3) is 0.500. The standard InChI is InChI=1S/C14H15ClFN3S/c1-20-14-18-11(8-5-3-2-4-6-8)9-7-17-13(15)10(16)12(9)19-14/h7-8H,2-6H2,1H3. The number of rotatable bonds is 2. The van der Waals surface area contributed by atoms with Crippen LogP contribution in [0.5, 0.6) is 0 Å². The molecule has 0 unspecified atom stereocenters. The number of pyridine rings is 1. The summed E-state index contributed by atoms with van der Waals surface area (Å²) >= 11 is 7.19. The number of nitrogens with zero attached hydrogens (tertiary/aromatic N) is 3. The van der Waals surface area contributed by atoms with Crippen LogP contribution in [0.25, 0.3) is 10.9 Å². The Morgan fingerprint density at radius 2 is 2.00 bits per heavy atom. The molecule has 1 fully saturated rings. The Hall–Kier alpha value is -0.940. The Morgan fingerprint density at radius 3 is 2.70 bits per heavy atom. The molecule has 0 spiro atoms. The zero-order chi connectivity index (χ0) is 14.1. The molecule has 6 heteroatoms. The molecule has 0 aromatic carbocycles. The van der Waals surface area contributed by atoms with E-state index in [2.05, 4.69) is 15.0 Å². The average molecular weight is 312 g/mol. The first kappa shape index (κ1) is 14.0. The van der Waals surface area contributed by atoms with Crippen molar-refractivity contribution < 1.29 is 4.39 Å². The Morgan fingerprint density at radius 1 is 1.25 bits per heavy atom. The lowest BCUT2D eigenvalue weighted by molar-refractivity contribution is 0.436. The first-order valence-corrected chi connectivity index (χ1v) is 8.36. The van der Waals surface area contributed by atoms with E-state index in [0.29, 0.717) is 22.0 Å². The van der Waals surface area contributed by atoms with Crippen molar-refractivity contribution in [1.29, 1.82) is 0 Å². The van der Waals surface area contributed by atoms with E-state index >= 15 is 0 Å². The molecule has 0 atom stereocenters. The summed E-state index contributed by atoms with van der Waals surface area (Å²) in [6.07, 6.45) is 9.38. The Balaban J connectivity index is 2.21. The third-order valence-corrected chi connectivity index (χ3v) is 4.64. The van der Waals surface area contributed by atoms with Crippen LogP contribution in [0.2, 0.25) is 5.15 Å². The van der Waals surface area contributed by atoms with E-state index in [9.17, 15) is 4.39 Å². The van der Waals surface area contributed by atoms with E-state index < -0.39 is 5.82 Å². The highest BCUT2D eigenvalue weighted by Gasteiger charge is 2.22. The molecule has 0 radical (unpaired) electrons. The molecule has 2 aromatic heterocycles. The number of hydrogen-bond donors (Lipinski definition) is 0. The maximum Gasteiger partial charge on any atom is 0.188 e. The van der Waals surface area contributed by atoms with E-state index in [1.165, 1.54) is 31.0 Å². The molecule has 2 aromatic rings. The predicted octanol–water partition coefficient (Wildman–Crippen LogP) is 4.59. The lowest BCUT2D eigenvalue weighted by Crippen LogP contribution is -2.09. The van der Waals surface area contributed by atoms with Gasteiger partial charge >= 0.3 is 0 Å². The van der Waals surface area contributed by atoms with Gasteiger partial charge in [0.05, 0.1) is 5.69 Å². The summed E-state index contributed by atoms with van der Waals surface area (Å²) in [5.41, 5.74) is 1.23. The molecule has 1 saturated carbocycles. The van der Waals surface area contributed by atoms with Gasteiger partial charge in [0, 0.05) is 17.5 Å². The SMILES string of the molecule is CSc1nc(C2CCCCC2)c2cnc(Cl)c(F)c2n1. The van der Waals surface area contributed by atoms with Crippen LogP contribution in [0.15, 0.2) is 11.4 Å². The van der Waals surface area contributed by atoms with Gasteiger partial charge in [0.15, 0.2) is 16.1 Å². The maximum atomic E-state index is 14.2. The van der Waals surface area contributed by atoms with Crippen molar-refractivity contribution >= 4 is 34.3 Å². The minimum atomic E-state index is -0.543. The summed E-state index contributed by atoms with van der Waals surface area (Å²) in [5.74, 6) is -0.165. The molecule has 0 N–H and O–H groups in total. The quantitative estimate of drug-likeness (QED) is 0.462. The van der Waals surface area contributed by atoms with Gasteiger partial charge in [-0.1, -0.05) is 42.6 Å². The second-order valence-electron chi connectivity index (χ2n) is 5.06. The van der Waals surface area contributed by atoms with Crippen molar-refractivity contribution in [3.05, 3.63) is 22.9 Å². The highest BCUT2D eigenvalue weighted by molar-refractivity contribution is 7.98. The van der Waals surface area contributed by atoms with E-state index in [4.69, 9.17) is 11.6 Å². The maximum absolute atomic E-state index is 14.2. The van der Waals surface area contributed by atoms with Crippen LogP contribution in [0.4, 0.5) is 4.39 Å². The van der Waals surface area contributed by atoms with E-state index in [-0.39, 0.29) is 5.15 Å². The van der Waals surface area contributed by atoms with Crippen molar-refractivity contribution in [3.8, 4) is 0 Å². The topological polar surface area (TPSA) is 38.7 Å². The second-order valence-corrected chi connectivity index (χ2v) is 6.19. The number of aromatic nitrogens is 3. The lowest BCUT2D eigenvalue weighted by atomic mass is 9.85. The zero-order valence-electron chi connectivity index (χ0n) is 11.2. The number of fused-ring (bicyclic) bond motifs is 1. The summed E-state index contributed by atoms with van der Waals surface area (Å²) in [5, 5.41) is 1.17. The van der Waals surface area contributed by atoms with Gasteiger partial charge in [-0.2, -0.15) is 0 Å². The Bertz CT molecular complexity index is 644. The molecule has 20 heavy (non-hydrogen) atoms. The van der Waals surface area contributed by atoms with Crippen molar-refractivity contribution in [1.82, 2.24) is 15.0 Å². The molecule has 3 rings (SSSR count). The predicted molar refractivity (Wildman–Crippen MR) is 79.9 cm³/mol. The fourth-order valence-electron chi connectivity index (χ4n) is 2.81. The number of thioether (sulfide) groups is 1. The zero-order valence-corrected chi connectivity index (χ0v) is 12.8. The van der Waals surface area contributed by atoms with Gasteiger partial charge in [0.2, 0.25) is 0 Å². The molecule has 3 nitrogen and oxygen atoms in total. The monoisotopic (exact) mass is 311 g/mol. The van der Waals surface area contributed by atoms with Crippen molar-refractivity contribution in [2.45, 2.75) is 43.2 Å². The van der Waals surface area contributed by atoms with Crippen LogP contribution in [-0.4, -0.2) is 21.2 Å². The Kier molecular flexibility index (Phi) is 4.08. The summed E-state index contributed by atoms with van der Waals surface area (Å²) in [7, 11) is 0. The minimum Gasteiger partial charge on any atom is -0.241 e. The molecule has 0 amide bonds. The third-order valence-electron chi connectivity index (χ3n) is 3.83. The van der Waals surface area contributed by atoms with Gasteiger partial charge in [-0.05, 0) is 19.1 Å². The molecule has 0 saturated heterocycles. The van der Waals surface area contributed by atoms with E-state index in [1.807, 2.05) is 6.26 Å². The second kappa shape index (κ2) is 5.82. The van der Waals surface area contributed by atoms with Gasteiger partial charge in [0.25, 0.3) is 0 Å². The molecule has 106 valence electrons. The van der Waals surface area contributed by atoms with Crippen molar-refractivity contribution in [2.75, 3.05) is 6.26 Å². The molecule has 2 heterocycles. The van der Waals surface area contributed by atoms with Crippen LogP contribution < -0.4 is 0 Å². The van der Waals surface area contributed by atoms with Crippen LogP contribution in [0.3, 0.4) is 0 Å². The van der Waals surface area contributed by atoms with E-state index in [0.717, 1.165) is 18.5 Å². The fourth-order valence-corrected chi connectivity index (χ4v) is 3.32.